The average Bonchev–Trinajstić information content (AvgIpc) is 0.663. The van der Waals surface area contributed by atoms with Gasteiger partial charge < -0.3 is 0 Å². The molecule has 0 unspecified atom stereocenters. The van der Waals surface area contributed by atoms with Crippen molar-refractivity contribution in [3.63, 3.8) is 0 Å². The summed E-state index contributed by atoms with van der Waals surface area (Å²) < 4.78 is 542. The molecule has 0 nitrogen and oxygen atoms in total. The highest BCUT2D eigenvalue weighted by Gasteiger charge is 2.23. The van der Waals surface area contributed by atoms with Gasteiger partial charge in [0.2, 0.25) is 0 Å². The van der Waals surface area contributed by atoms with E-state index in [9.17, 15) is 27.4 Å². The predicted molar refractivity (Wildman–Crippen MR) is 647 cm³/mol. The van der Waals surface area contributed by atoms with Crippen molar-refractivity contribution in [3.05, 3.63) is 545 Å². The Labute approximate surface area is 951 Å². The van der Waals surface area contributed by atoms with Crippen LogP contribution >= 0.6 is 0 Å². The highest BCUT2D eigenvalue weighted by atomic mass is 14.3. The Kier molecular flexibility index (Phi) is 10.2. The second-order valence-electron chi connectivity index (χ2n) is 36.2. The molecule has 0 fully saturated rings. The number of rotatable bonds is 12. The Morgan fingerprint density at radius 2 is 0.300 bits per heavy atom. The average molecular weight is 1950 g/mol. The number of benzene rings is 33. The summed E-state index contributed by atoms with van der Waals surface area (Å²) in [6.07, 6.45) is 0. The maximum absolute atomic E-state index is 9.63. The van der Waals surface area contributed by atoms with Crippen LogP contribution in [0, 0.1) is 0 Å². The molecule has 0 N–H and O–H groups in total. The first-order valence-electron chi connectivity index (χ1n) is 77.4. The molecule has 33 rings (SSSR count). The molecule has 0 heteroatoms. The van der Waals surface area contributed by atoms with E-state index in [4.69, 9.17) is 54.8 Å². The van der Waals surface area contributed by atoms with E-state index in [-0.39, 0.29) is 168 Å². The zero-order chi connectivity index (χ0) is 150. The van der Waals surface area contributed by atoms with Gasteiger partial charge in [-0.1, -0.05) is 508 Å². The quantitative estimate of drug-likeness (QED) is 0.107. The van der Waals surface area contributed by atoms with Crippen LogP contribution in [0.4, 0.5) is 0 Å². The van der Waals surface area contributed by atoms with Gasteiger partial charge >= 0.3 is 0 Å². The normalized spacial score (nSPS) is 17.6. The fourth-order valence-corrected chi connectivity index (χ4v) is 21.0. The number of hydrogen-bond acceptors (Lipinski definition) is 0. The first-order chi connectivity index (χ1) is 99.4. The van der Waals surface area contributed by atoms with Crippen molar-refractivity contribution >= 4 is 194 Å². The fraction of sp³-hybridized carbons (Fsp3) is 0. The van der Waals surface area contributed by atoms with Crippen LogP contribution in [-0.2, 0) is 0 Å². The second kappa shape index (κ2) is 34.1. The fourth-order valence-electron chi connectivity index (χ4n) is 21.0. The lowest BCUT2D eigenvalue weighted by Gasteiger charge is -2.15. The molecular formula is C150H90. The van der Waals surface area contributed by atoms with Gasteiger partial charge in [-0.3, -0.25) is 0 Å². The Morgan fingerprint density at radius 3 is 0.593 bits per heavy atom. The Hall–Kier alpha value is -19.5. The van der Waals surface area contributed by atoms with Crippen molar-refractivity contribution in [3.8, 4) is 134 Å². The minimum absolute atomic E-state index is 0.00424. The van der Waals surface area contributed by atoms with Crippen LogP contribution in [0.25, 0.3) is 327 Å². The molecule has 0 radical (unpaired) electrons. The molecule has 0 saturated carbocycles. The van der Waals surface area contributed by atoms with Crippen molar-refractivity contribution < 1.29 is 82.2 Å². The largest absolute Gasteiger partial charge is 0.0636 e. The molecule has 0 amide bonds. The lowest BCUT2D eigenvalue weighted by atomic mass is 9.89. The predicted octanol–water partition coefficient (Wildman–Crippen LogP) is 42.4. The number of hydrogen-bond donors (Lipinski definition) is 0. The van der Waals surface area contributed by atoms with Crippen LogP contribution in [0.3, 0.4) is 0 Å². The van der Waals surface area contributed by atoms with Crippen LogP contribution in [0.2, 0.25) is 0 Å². The minimum atomic E-state index is -1.13. The molecule has 0 spiro atoms. The van der Waals surface area contributed by atoms with Crippen molar-refractivity contribution in [1.29, 1.82) is 0 Å². The first-order valence-corrected chi connectivity index (χ1v) is 47.4. The maximum Gasteiger partial charge on any atom is 0.0636 e. The monoisotopic (exact) mass is 1950 g/mol. The molecule has 0 bridgehead atoms. The summed E-state index contributed by atoms with van der Waals surface area (Å²) in [6.45, 7) is 0. The van der Waals surface area contributed by atoms with Gasteiger partial charge in [0.25, 0.3) is 0 Å². The zero-order valence-corrected chi connectivity index (χ0v) is 77.3. The van der Waals surface area contributed by atoms with Crippen molar-refractivity contribution in [1.82, 2.24) is 0 Å². The summed E-state index contributed by atoms with van der Waals surface area (Å²) in [7, 11) is 0. The second-order valence-corrected chi connectivity index (χ2v) is 36.2. The third kappa shape index (κ3) is 13.8. The summed E-state index contributed by atoms with van der Waals surface area (Å²) in [4.78, 5) is 0. The van der Waals surface area contributed by atoms with Crippen LogP contribution in [-0.4, -0.2) is 0 Å². The molecule has 0 saturated heterocycles. The van der Waals surface area contributed by atoms with Crippen molar-refractivity contribution in [2.75, 3.05) is 0 Å². The van der Waals surface area contributed by atoms with Crippen LogP contribution in [0.15, 0.2) is 545 Å². The lowest BCUT2D eigenvalue weighted by molar-refractivity contribution is 1.58. The van der Waals surface area contributed by atoms with Gasteiger partial charge in [-0.25, -0.2) is 0 Å². The highest BCUT2D eigenvalue weighted by Crippen LogP contribution is 2.50. The third-order valence-electron chi connectivity index (χ3n) is 28.0. The van der Waals surface area contributed by atoms with E-state index in [1.807, 2.05) is 133 Å². The molecule has 150 heavy (non-hydrogen) atoms. The zero-order valence-electron chi connectivity index (χ0n) is 137. The lowest BCUT2D eigenvalue weighted by Crippen LogP contribution is -1.88. The molecule has 0 aliphatic rings. The van der Waals surface area contributed by atoms with E-state index in [0.29, 0.717) is 44.2 Å². The van der Waals surface area contributed by atoms with Crippen molar-refractivity contribution in [2.45, 2.75) is 0 Å². The van der Waals surface area contributed by atoms with Gasteiger partial charge in [0.05, 0.1) is 82.2 Å². The minimum Gasteiger partial charge on any atom is -0.0610 e. The summed E-state index contributed by atoms with van der Waals surface area (Å²) >= 11 is 0. The van der Waals surface area contributed by atoms with Crippen LogP contribution < -0.4 is 0 Å². The summed E-state index contributed by atoms with van der Waals surface area (Å²) in [6, 6.07) is 15.4. The van der Waals surface area contributed by atoms with E-state index < -0.39 is 413 Å². The summed E-state index contributed by atoms with van der Waals surface area (Å²) in [5, 5.41) is 6.08. The molecule has 33 aromatic rings. The van der Waals surface area contributed by atoms with Gasteiger partial charge in [0, 0.05) is 0 Å². The molecule has 0 atom stereocenters. The third-order valence-corrected chi connectivity index (χ3v) is 28.0. The van der Waals surface area contributed by atoms with E-state index in [0.717, 1.165) is 65.0 Å². The Balaban J connectivity index is 0.000000130. The van der Waals surface area contributed by atoms with E-state index in [2.05, 4.69) is 0 Å². The van der Waals surface area contributed by atoms with E-state index >= 15 is 0 Å². The van der Waals surface area contributed by atoms with Gasteiger partial charge in [0.1, 0.15) is 0 Å². The molecular weight excluding hydrogens is 1800 g/mol. The van der Waals surface area contributed by atoms with Crippen LogP contribution in [0.1, 0.15) is 82.2 Å². The van der Waals surface area contributed by atoms with E-state index in [1.54, 1.807) is 48.5 Å². The smallest absolute Gasteiger partial charge is 0.0610 e. The summed E-state index contributed by atoms with van der Waals surface area (Å²) in [5.74, 6) is 0. The molecule has 33 aromatic carbocycles. The first kappa shape index (κ1) is 45.0. The topological polar surface area (TPSA) is 0 Å². The van der Waals surface area contributed by atoms with Gasteiger partial charge in [-0.2, -0.15) is 0 Å². The van der Waals surface area contributed by atoms with Crippen LogP contribution in [0.5, 0.6) is 0 Å². The van der Waals surface area contributed by atoms with Gasteiger partial charge in [0.15, 0.2) is 0 Å². The molecule has 0 aliphatic heterocycles. The summed E-state index contributed by atoms with van der Waals surface area (Å²) in [5.41, 5.74) is -3.34. The highest BCUT2D eigenvalue weighted by molar-refractivity contribution is 6.32. The molecule has 690 valence electrons. The van der Waals surface area contributed by atoms with E-state index in [1.165, 1.54) is 0 Å². The standard InChI is InChI=1S/3C50H30/c3*1-5-33-17-19-37-21-25-43(45-27-23-35(7-1)47(33)49(37)45)41-11-3-9-39(29-41)31-13-15-32(16-14-31)40-10-4-12-42(30-40)44-26-22-38-20-18-34-6-2-8-36-24-28-46(44)50(38)48(34)36/h3*1-30H/i1D,2D,3D,4D,5D,6D,7D,8D,9D,10D,11D,12D,13D,14D,15D,16D,17D,18D,19D,20D,21D,22D,23D,24D,25D,26D,27D,28D,29D,30D;1D,2D,5D,6D,7D,8D,17D,18D,19D,20D,21D,22D,23D,24D,25D,26D,27D,28D;3D,4D,9D,10D,11D,12D,13D,14D,15D,16D,29D,30D. The SMILES string of the molecule is [2H]c1c([2H])c(-c2c([2H])c([2H])c(-c3c([2H])c([2H])c([2H])c(-c4c([2H])c([2H])c5c([2H])c([2H])c6c([2H])c([2H])c([2H])c7c([2H])c([2H])c4c5c67)c3[2H])c([2H])c2[2H])c([2H])c(-c2c([2H])c([2H])c3c([2H])c([2H])c4c([2H])c([2H])c([2H])c5c([2H])c([2H])c2c3c45)c1[2H].[2H]c1c([2H])c(-c2c([2H])c([2H])c(-c3c([2H])c([2H])c([2H])c(-c4ccc5ccc6cccc7ccc4c5c67)c3[2H])c([2H])c2[2H])c([2H])c(-c2ccc3ccc4cccc5ccc2c3c45)c1[2H].[2H]c1c([2H])c2c([2H])c([2H])c3c([2H])c([2H])c(-c4cccc(-c5ccc(-c6cccc(-c7c([2H])c([2H])c8c([2H])c([2H])c9c([2H])c([2H])c([2H])c%10c([2H])c([2H])c7c8c9%10)c6)cc5)c4)c4c([2H])c([2H])c(c1[2H])c2c34. The maximum atomic E-state index is 9.63. The molecule has 0 aromatic heterocycles. The van der Waals surface area contributed by atoms with Gasteiger partial charge in [-0.05, 0) is 364 Å². The Bertz CT molecular complexity index is 14300. The van der Waals surface area contributed by atoms with Gasteiger partial charge in [-0.15, -0.1) is 0 Å². The Morgan fingerprint density at radius 1 is 0.100 bits per heavy atom. The molecule has 0 aliphatic carbocycles. The van der Waals surface area contributed by atoms with Crippen molar-refractivity contribution in [2.24, 2.45) is 0 Å². The molecule has 0 heterocycles.